The fourth-order valence-corrected chi connectivity index (χ4v) is 3.80. The molecule has 1 saturated heterocycles. The molecular formula is C32H38O6. The summed E-state index contributed by atoms with van der Waals surface area (Å²) < 4.78 is 21.1. The molecule has 0 aliphatic carbocycles. The van der Waals surface area contributed by atoms with E-state index in [1.54, 1.807) is 19.9 Å². The van der Waals surface area contributed by atoms with Crippen LogP contribution in [0, 0.1) is 27.7 Å². The molecule has 5 rings (SSSR count). The first kappa shape index (κ1) is 29.0. The third-order valence-electron chi connectivity index (χ3n) is 6.10. The number of ether oxygens (including phenoxy) is 2. The Kier molecular flexibility index (Phi) is 10.9. The maximum atomic E-state index is 11.7. The van der Waals surface area contributed by atoms with E-state index in [1.807, 2.05) is 68.4 Å². The van der Waals surface area contributed by atoms with Gasteiger partial charge in [0.15, 0.2) is 0 Å². The SMILES string of the molecule is C1CCOC1.CCOC(=O)c1cc(-c2ccc(C)cc2)oc1C.Cc1ccc(-c2cc(CO)c(C)o2)cc1. The zero-order valence-corrected chi connectivity index (χ0v) is 23.0. The molecule has 0 amide bonds. The van der Waals surface area contributed by atoms with Gasteiger partial charge in [-0.3, -0.25) is 0 Å². The lowest BCUT2D eigenvalue weighted by atomic mass is 10.1. The van der Waals surface area contributed by atoms with Gasteiger partial charge in [-0.25, -0.2) is 4.79 Å². The van der Waals surface area contributed by atoms with Gasteiger partial charge in [0.1, 0.15) is 28.6 Å². The molecule has 0 saturated carbocycles. The van der Waals surface area contributed by atoms with Crippen LogP contribution in [-0.4, -0.2) is 30.9 Å². The molecule has 3 heterocycles. The van der Waals surface area contributed by atoms with E-state index >= 15 is 0 Å². The minimum atomic E-state index is -0.336. The van der Waals surface area contributed by atoms with Crippen molar-refractivity contribution >= 4 is 5.97 Å². The van der Waals surface area contributed by atoms with E-state index < -0.39 is 0 Å². The predicted molar refractivity (Wildman–Crippen MR) is 149 cm³/mol. The Morgan fingerprint density at radius 2 is 1.29 bits per heavy atom. The monoisotopic (exact) mass is 518 g/mol. The zero-order valence-electron chi connectivity index (χ0n) is 23.0. The van der Waals surface area contributed by atoms with Gasteiger partial charge in [0.2, 0.25) is 0 Å². The number of furan rings is 2. The van der Waals surface area contributed by atoms with E-state index in [2.05, 4.69) is 6.92 Å². The number of hydrogen-bond donors (Lipinski definition) is 1. The number of aliphatic hydroxyl groups excluding tert-OH is 1. The Morgan fingerprint density at radius 3 is 1.71 bits per heavy atom. The van der Waals surface area contributed by atoms with Crippen LogP contribution in [0.3, 0.4) is 0 Å². The average Bonchev–Trinajstić information content (AvgIpc) is 3.68. The number of benzene rings is 2. The van der Waals surface area contributed by atoms with Crippen LogP contribution in [0.4, 0.5) is 0 Å². The van der Waals surface area contributed by atoms with Crippen molar-refractivity contribution in [2.75, 3.05) is 19.8 Å². The maximum absolute atomic E-state index is 11.7. The van der Waals surface area contributed by atoms with Crippen LogP contribution in [0.15, 0.2) is 69.5 Å². The third kappa shape index (κ3) is 8.20. The first-order valence-corrected chi connectivity index (χ1v) is 13.0. The van der Waals surface area contributed by atoms with Crippen molar-refractivity contribution in [2.45, 2.75) is 54.1 Å². The third-order valence-corrected chi connectivity index (χ3v) is 6.10. The topological polar surface area (TPSA) is 82.0 Å². The van der Waals surface area contributed by atoms with Crippen molar-refractivity contribution in [2.24, 2.45) is 0 Å². The summed E-state index contributed by atoms with van der Waals surface area (Å²) in [6.07, 6.45) is 2.56. The molecular weight excluding hydrogens is 480 g/mol. The molecule has 2 aromatic heterocycles. The summed E-state index contributed by atoms with van der Waals surface area (Å²) in [5.41, 5.74) is 5.76. The Morgan fingerprint density at radius 1 is 0.789 bits per heavy atom. The lowest BCUT2D eigenvalue weighted by Crippen LogP contribution is -2.04. The molecule has 1 fully saturated rings. The molecule has 4 aromatic rings. The normalized spacial score (nSPS) is 12.3. The molecule has 202 valence electrons. The van der Waals surface area contributed by atoms with Crippen molar-refractivity contribution < 1.29 is 28.2 Å². The molecule has 6 heteroatoms. The first-order valence-electron chi connectivity index (χ1n) is 13.0. The van der Waals surface area contributed by atoms with E-state index in [-0.39, 0.29) is 12.6 Å². The molecule has 38 heavy (non-hydrogen) atoms. The highest BCUT2D eigenvalue weighted by atomic mass is 16.5. The summed E-state index contributed by atoms with van der Waals surface area (Å²) in [4.78, 5) is 11.7. The summed E-state index contributed by atoms with van der Waals surface area (Å²) in [6, 6.07) is 19.7. The molecule has 0 unspecified atom stereocenters. The highest BCUT2D eigenvalue weighted by Gasteiger charge is 2.16. The molecule has 0 spiro atoms. The van der Waals surface area contributed by atoms with Gasteiger partial charge in [-0.15, -0.1) is 0 Å². The lowest BCUT2D eigenvalue weighted by Gasteiger charge is -1.97. The van der Waals surface area contributed by atoms with E-state index in [0.717, 1.165) is 41.4 Å². The number of carbonyl (C=O) groups excluding carboxylic acids is 1. The summed E-state index contributed by atoms with van der Waals surface area (Å²) >= 11 is 0. The maximum Gasteiger partial charge on any atom is 0.341 e. The molecule has 0 bridgehead atoms. The van der Waals surface area contributed by atoms with Crippen LogP contribution in [0.1, 0.15) is 58.3 Å². The van der Waals surface area contributed by atoms with Crippen LogP contribution in [0.5, 0.6) is 0 Å². The molecule has 1 aliphatic heterocycles. The number of hydrogen-bond acceptors (Lipinski definition) is 6. The molecule has 1 aliphatic rings. The first-order chi connectivity index (χ1) is 18.3. The van der Waals surface area contributed by atoms with Gasteiger partial charge in [-0.2, -0.15) is 0 Å². The summed E-state index contributed by atoms with van der Waals surface area (Å²) in [5, 5.41) is 9.06. The minimum Gasteiger partial charge on any atom is -0.462 e. The van der Waals surface area contributed by atoms with Crippen LogP contribution < -0.4 is 0 Å². The molecule has 6 nitrogen and oxygen atoms in total. The van der Waals surface area contributed by atoms with Gasteiger partial charge in [0, 0.05) is 29.9 Å². The van der Waals surface area contributed by atoms with Crippen molar-refractivity contribution in [3.63, 3.8) is 0 Å². The van der Waals surface area contributed by atoms with E-state index in [0.29, 0.717) is 23.7 Å². The minimum absolute atomic E-state index is 0.0290. The largest absolute Gasteiger partial charge is 0.462 e. The standard InChI is InChI=1S/C15H16O3.C13H14O2.C4H8O/c1-4-17-15(16)13-9-14(18-11(13)3)12-7-5-10(2)6-8-12;1-9-3-5-11(6-4-9)13-7-12(8-14)10(2)15-13;1-2-4-5-3-1/h5-9H,4H2,1-3H3;3-7,14H,8H2,1-2H3;1-4H2. The number of aliphatic hydroxyl groups is 1. The zero-order chi connectivity index (χ0) is 27.5. The fraction of sp³-hybridized carbons (Fsp3) is 0.344. The predicted octanol–water partition coefficient (Wildman–Crippen LogP) is 7.59. The van der Waals surface area contributed by atoms with E-state index in [1.165, 1.54) is 24.0 Å². The van der Waals surface area contributed by atoms with Gasteiger partial charge in [-0.1, -0.05) is 59.7 Å². The van der Waals surface area contributed by atoms with E-state index in [4.69, 9.17) is 23.4 Å². The molecule has 0 atom stereocenters. The summed E-state index contributed by atoms with van der Waals surface area (Å²) in [5.74, 6) is 2.54. The number of esters is 1. The highest BCUT2D eigenvalue weighted by Crippen LogP contribution is 2.27. The second-order valence-corrected chi connectivity index (χ2v) is 9.20. The molecule has 0 radical (unpaired) electrons. The van der Waals surface area contributed by atoms with Crippen LogP contribution in [-0.2, 0) is 16.1 Å². The Bertz CT molecular complexity index is 1270. The van der Waals surface area contributed by atoms with Gasteiger partial charge < -0.3 is 23.4 Å². The number of rotatable bonds is 5. The quantitative estimate of drug-likeness (QED) is 0.274. The lowest BCUT2D eigenvalue weighted by molar-refractivity contribution is 0.0524. The number of aryl methyl sites for hydroxylation is 4. The second kappa shape index (κ2) is 14.4. The van der Waals surface area contributed by atoms with Gasteiger partial charge >= 0.3 is 5.97 Å². The van der Waals surface area contributed by atoms with Crippen molar-refractivity contribution in [3.8, 4) is 22.6 Å². The smallest absolute Gasteiger partial charge is 0.341 e. The van der Waals surface area contributed by atoms with Gasteiger partial charge in [0.05, 0.1) is 13.2 Å². The molecule has 1 N–H and O–H groups in total. The summed E-state index contributed by atoms with van der Waals surface area (Å²) in [7, 11) is 0. The Hall–Kier alpha value is -3.61. The second-order valence-electron chi connectivity index (χ2n) is 9.20. The Labute approximate surface area is 225 Å². The molecule has 2 aromatic carbocycles. The van der Waals surface area contributed by atoms with Crippen LogP contribution in [0.25, 0.3) is 22.6 Å². The van der Waals surface area contributed by atoms with Crippen LogP contribution in [0.2, 0.25) is 0 Å². The average molecular weight is 519 g/mol. The number of carbonyl (C=O) groups is 1. The van der Waals surface area contributed by atoms with Crippen LogP contribution >= 0.6 is 0 Å². The van der Waals surface area contributed by atoms with Crippen molar-refractivity contribution in [1.29, 1.82) is 0 Å². The fourth-order valence-electron chi connectivity index (χ4n) is 3.80. The Balaban J connectivity index is 0.000000180. The van der Waals surface area contributed by atoms with Crippen molar-refractivity contribution in [1.82, 2.24) is 0 Å². The van der Waals surface area contributed by atoms with Gasteiger partial charge in [0.25, 0.3) is 0 Å². The highest BCUT2D eigenvalue weighted by molar-refractivity contribution is 5.91. The van der Waals surface area contributed by atoms with Crippen molar-refractivity contribution in [3.05, 3.63) is 94.4 Å². The van der Waals surface area contributed by atoms with Gasteiger partial charge in [-0.05, 0) is 59.6 Å². The van der Waals surface area contributed by atoms with E-state index in [9.17, 15) is 4.79 Å². The summed E-state index contributed by atoms with van der Waals surface area (Å²) in [6.45, 7) is 11.9.